The number of methoxy groups -OCH3 is 1. The Morgan fingerprint density at radius 1 is 0.963 bits per heavy atom. The number of carbonyl (C=O) groups is 5. The van der Waals surface area contributed by atoms with Crippen molar-refractivity contribution in [3.8, 4) is 0 Å². The molecule has 1 fully saturated rings. The molecule has 0 saturated carbocycles. The number of nitrogens with one attached hydrogen (secondary N) is 1. The molecule has 0 bridgehead atoms. The van der Waals surface area contributed by atoms with Crippen molar-refractivity contribution in [3.63, 3.8) is 0 Å². The van der Waals surface area contributed by atoms with Gasteiger partial charge in [-0.3, -0.25) is 24.0 Å². The molecule has 12 heteroatoms. The van der Waals surface area contributed by atoms with E-state index in [-0.39, 0.29) is 6.61 Å². The fourth-order valence-corrected chi connectivity index (χ4v) is 2.52. The molecule has 0 radical (unpaired) electrons. The lowest BCUT2D eigenvalue weighted by Crippen LogP contribution is -2.67. The Hall–Kier alpha value is -2.24. The average Bonchev–Trinajstić information content (AvgIpc) is 2.55. The molecular formula is C15H20ClNO10. The van der Waals surface area contributed by atoms with Crippen LogP contribution in [0.2, 0.25) is 0 Å². The first kappa shape index (κ1) is 22.8. The average molecular weight is 410 g/mol. The fourth-order valence-electron chi connectivity index (χ4n) is 2.47. The first-order chi connectivity index (χ1) is 12.6. The zero-order valence-corrected chi connectivity index (χ0v) is 15.8. The molecule has 5 atom stereocenters. The number of ether oxygens (including phenoxy) is 5. The van der Waals surface area contributed by atoms with Gasteiger partial charge < -0.3 is 29.0 Å². The van der Waals surface area contributed by atoms with Crippen molar-refractivity contribution < 1.29 is 47.7 Å². The van der Waals surface area contributed by atoms with Crippen LogP contribution < -0.4 is 5.32 Å². The minimum absolute atomic E-state index is 0.347. The summed E-state index contributed by atoms with van der Waals surface area (Å²) in [7, 11) is 1.23. The lowest BCUT2D eigenvalue weighted by molar-refractivity contribution is -0.271. The molecule has 0 unspecified atom stereocenters. The van der Waals surface area contributed by atoms with Gasteiger partial charge in [-0.25, -0.2) is 0 Å². The highest BCUT2D eigenvalue weighted by molar-refractivity contribution is 6.80. The molecule has 1 heterocycles. The van der Waals surface area contributed by atoms with Gasteiger partial charge in [-0.15, -0.1) is 0 Å². The van der Waals surface area contributed by atoms with E-state index in [2.05, 4.69) is 5.32 Å². The number of rotatable bonds is 7. The predicted molar refractivity (Wildman–Crippen MR) is 86.2 cm³/mol. The van der Waals surface area contributed by atoms with Gasteiger partial charge in [-0.1, -0.05) is 0 Å². The fraction of sp³-hybridized carbons (Fsp3) is 0.667. The first-order valence-corrected chi connectivity index (χ1v) is 8.11. The summed E-state index contributed by atoms with van der Waals surface area (Å²) in [5.41, 5.74) is 0. The minimum atomic E-state index is -1.32. The quantitative estimate of drug-likeness (QED) is 0.241. The van der Waals surface area contributed by atoms with E-state index in [1.165, 1.54) is 7.11 Å². The van der Waals surface area contributed by atoms with Crippen LogP contribution in [0.4, 0.5) is 0 Å². The van der Waals surface area contributed by atoms with Gasteiger partial charge in [0.15, 0.2) is 18.5 Å². The van der Waals surface area contributed by atoms with Crippen molar-refractivity contribution in [1.82, 2.24) is 5.32 Å². The van der Waals surface area contributed by atoms with Crippen molar-refractivity contribution in [2.45, 2.75) is 51.4 Å². The lowest BCUT2D eigenvalue weighted by Gasteiger charge is -2.44. The topological polar surface area (TPSA) is 144 Å². The van der Waals surface area contributed by atoms with Gasteiger partial charge in [0.25, 0.3) is 0 Å². The van der Waals surface area contributed by atoms with Crippen LogP contribution in [0.1, 0.15) is 20.8 Å². The van der Waals surface area contributed by atoms with E-state index in [0.717, 1.165) is 20.8 Å². The molecule has 0 aromatic rings. The Balaban J connectivity index is 3.24. The summed E-state index contributed by atoms with van der Waals surface area (Å²) in [6, 6.07) is -1.24. The molecule has 0 spiro atoms. The van der Waals surface area contributed by atoms with E-state index in [0.29, 0.717) is 0 Å². The predicted octanol–water partition coefficient (Wildman–Crippen LogP) is -0.966. The Bertz CT molecular complexity index is 609. The lowest BCUT2D eigenvalue weighted by atomic mass is 9.96. The molecular weight excluding hydrogens is 390 g/mol. The Morgan fingerprint density at radius 3 is 1.96 bits per heavy atom. The largest absolute Gasteiger partial charge is 0.463 e. The number of esters is 3. The summed E-state index contributed by atoms with van der Waals surface area (Å²) in [4.78, 5) is 56.9. The van der Waals surface area contributed by atoms with Gasteiger partial charge in [0.1, 0.15) is 18.8 Å². The summed E-state index contributed by atoms with van der Waals surface area (Å²) in [5.74, 6) is -3.34. The number of carbonyl (C=O) groups excluding carboxylic acids is 5. The first-order valence-electron chi connectivity index (χ1n) is 7.73. The number of hydrogen-bond acceptors (Lipinski definition) is 10. The van der Waals surface area contributed by atoms with Crippen molar-refractivity contribution in [2.24, 2.45) is 0 Å². The maximum absolute atomic E-state index is 11.7. The molecule has 1 saturated heterocycles. The van der Waals surface area contributed by atoms with Gasteiger partial charge in [0.2, 0.25) is 0 Å². The number of amides is 1. The highest BCUT2D eigenvalue weighted by Crippen LogP contribution is 2.27. The third-order valence-electron chi connectivity index (χ3n) is 3.41. The van der Waals surface area contributed by atoms with Crippen LogP contribution in [0.15, 0.2) is 0 Å². The smallest absolute Gasteiger partial charge is 0.309 e. The number of halogens is 1. The zero-order chi connectivity index (χ0) is 20.7. The highest BCUT2D eigenvalue weighted by Gasteiger charge is 2.51. The summed E-state index contributed by atoms with van der Waals surface area (Å²) in [6.45, 7) is 3.01. The Kier molecular flexibility index (Phi) is 8.60. The summed E-state index contributed by atoms with van der Waals surface area (Å²) in [5, 5.41) is 0.895. The van der Waals surface area contributed by atoms with Crippen LogP contribution in [0.25, 0.3) is 0 Å². The standard InChI is InChI=1S/C15H20ClNO10/c1-6(18)24-5-9-11(25-7(2)19)12(26-8(3)20)10(15(23-4)27-9)17-14(22)13(16)21/h9-12,15H,5H2,1-4H3,(H,17,22)/t9-,10+,11-,12-,15+/m1/s1. The van der Waals surface area contributed by atoms with E-state index in [4.69, 9.17) is 35.3 Å². The molecule has 1 N–H and O–H groups in total. The SMILES string of the molecule is CO[C@H]1O[C@H](COC(C)=O)[C@@H](OC(C)=O)[C@H](OC(C)=O)[C@@H]1NC(=O)C(=O)Cl. The molecule has 0 aromatic carbocycles. The highest BCUT2D eigenvalue weighted by atomic mass is 35.5. The van der Waals surface area contributed by atoms with Crippen LogP contribution in [-0.4, -0.2) is 73.4 Å². The monoisotopic (exact) mass is 409 g/mol. The van der Waals surface area contributed by atoms with E-state index in [9.17, 15) is 24.0 Å². The van der Waals surface area contributed by atoms with E-state index >= 15 is 0 Å². The molecule has 1 amide bonds. The van der Waals surface area contributed by atoms with Gasteiger partial charge >= 0.3 is 29.1 Å². The second kappa shape index (κ2) is 10.2. The third-order valence-corrected chi connectivity index (χ3v) is 3.58. The summed E-state index contributed by atoms with van der Waals surface area (Å²) >= 11 is 5.14. The molecule has 1 aliphatic heterocycles. The molecule has 27 heavy (non-hydrogen) atoms. The molecule has 1 aliphatic rings. The van der Waals surface area contributed by atoms with Gasteiger partial charge in [-0.2, -0.15) is 0 Å². The molecule has 152 valence electrons. The zero-order valence-electron chi connectivity index (χ0n) is 15.1. The molecule has 1 rings (SSSR count). The Morgan fingerprint density at radius 2 is 1.52 bits per heavy atom. The van der Waals surface area contributed by atoms with Crippen molar-refractivity contribution in [2.75, 3.05) is 13.7 Å². The van der Waals surface area contributed by atoms with Crippen LogP contribution in [0.3, 0.4) is 0 Å². The normalized spacial score (nSPS) is 27.2. The van der Waals surface area contributed by atoms with Gasteiger partial charge in [0.05, 0.1) is 0 Å². The number of hydrogen-bond donors (Lipinski definition) is 1. The maximum atomic E-state index is 11.7. The minimum Gasteiger partial charge on any atom is -0.463 e. The maximum Gasteiger partial charge on any atom is 0.309 e. The van der Waals surface area contributed by atoms with Crippen molar-refractivity contribution in [1.29, 1.82) is 0 Å². The molecule has 0 aromatic heterocycles. The van der Waals surface area contributed by atoms with E-state index < -0.39 is 59.7 Å². The van der Waals surface area contributed by atoms with Crippen LogP contribution >= 0.6 is 11.6 Å². The van der Waals surface area contributed by atoms with Crippen molar-refractivity contribution in [3.05, 3.63) is 0 Å². The summed E-state index contributed by atoms with van der Waals surface area (Å²) < 4.78 is 25.9. The van der Waals surface area contributed by atoms with Crippen LogP contribution in [0, 0.1) is 0 Å². The third kappa shape index (κ3) is 6.77. The van der Waals surface area contributed by atoms with Gasteiger partial charge in [-0.05, 0) is 11.6 Å². The molecule has 11 nitrogen and oxygen atoms in total. The second-order valence-corrected chi connectivity index (χ2v) is 5.85. The van der Waals surface area contributed by atoms with Crippen LogP contribution in [-0.2, 0) is 47.7 Å². The van der Waals surface area contributed by atoms with E-state index in [1.54, 1.807) is 0 Å². The van der Waals surface area contributed by atoms with Gasteiger partial charge in [0, 0.05) is 27.9 Å². The van der Waals surface area contributed by atoms with E-state index in [1.807, 2.05) is 0 Å². The molecule has 0 aliphatic carbocycles. The summed E-state index contributed by atoms with van der Waals surface area (Å²) in [6.07, 6.45) is -4.90. The van der Waals surface area contributed by atoms with Crippen LogP contribution in [0.5, 0.6) is 0 Å². The Labute approximate surface area is 159 Å². The second-order valence-electron chi connectivity index (χ2n) is 5.50. The van der Waals surface area contributed by atoms with Crippen molar-refractivity contribution >= 4 is 40.7 Å².